The van der Waals surface area contributed by atoms with E-state index < -0.39 is 0 Å². The van der Waals surface area contributed by atoms with Crippen molar-refractivity contribution in [1.29, 1.82) is 0 Å². The second-order valence-corrected chi connectivity index (χ2v) is 7.16. The lowest BCUT2D eigenvalue weighted by Crippen LogP contribution is -2.02. The molecule has 0 saturated heterocycles. The Morgan fingerprint density at radius 1 is 1.42 bits per heavy atom. The van der Waals surface area contributed by atoms with E-state index in [0.717, 1.165) is 9.93 Å². The summed E-state index contributed by atoms with van der Waals surface area (Å²) >= 11 is 9.38. The molecule has 19 heavy (non-hydrogen) atoms. The Labute approximate surface area is 126 Å². The molecular weight excluding hydrogens is 300 g/mol. The van der Waals surface area contributed by atoms with Crippen molar-refractivity contribution in [2.24, 2.45) is 0 Å². The first-order valence-corrected chi connectivity index (χ1v) is 7.81. The Bertz CT molecular complexity index is 523. The molecule has 0 fully saturated rings. The fraction of sp³-hybridized carbons (Fsp3) is 0.214. The smallest absolute Gasteiger partial charge is 0.330 e. The summed E-state index contributed by atoms with van der Waals surface area (Å²) in [7, 11) is 0. The van der Waals surface area contributed by atoms with Gasteiger partial charge in [0.1, 0.15) is 6.61 Å². The fourth-order valence-corrected chi connectivity index (χ4v) is 4.59. The van der Waals surface area contributed by atoms with Crippen LogP contribution in [0.4, 0.5) is 0 Å². The molecule has 0 aliphatic carbocycles. The van der Waals surface area contributed by atoms with Crippen LogP contribution < -0.4 is 0 Å². The molecule has 2 nitrogen and oxygen atoms in total. The molecule has 0 N–H and O–H groups in total. The Morgan fingerprint density at radius 2 is 2.11 bits per heavy atom. The van der Waals surface area contributed by atoms with Gasteiger partial charge < -0.3 is 4.74 Å². The minimum atomic E-state index is -0.388. The van der Waals surface area contributed by atoms with Gasteiger partial charge in [0.2, 0.25) is 0 Å². The summed E-state index contributed by atoms with van der Waals surface area (Å²) in [6.07, 6.45) is 1.18. The highest BCUT2D eigenvalue weighted by Gasteiger charge is 2.25. The van der Waals surface area contributed by atoms with E-state index in [9.17, 15) is 4.79 Å². The van der Waals surface area contributed by atoms with Crippen LogP contribution in [0.1, 0.15) is 17.1 Å². The normalized spacial score (nSPS) is 18.5. The molecule has 0 amide bonds. The Morgan fingerprint density at radius 3 is 2.74 bits per heavy atom. The van der Waals surface area contributed by atoms with Crippen molar-refractivity contribution in [1.82, 2.24) is 0 Å². The average Bonchev–Trinajstić information content (AvgIpc) is 2.78. The van der Waals surface area contributed by atoms with Crippen LogP contribution in [0.25, 0.3) is 0 Å². The van der Waals surface area contributed by atoms with E-state index in [-0.39, 0.29) is 5.97 Å². The van der Waals surface area contributed by atoms with Gasteiger partial charge in [-0.15, -0.1) is 23.5 Å². The van der Waals surface area contributed by atoms with Crippen molar-refractivity contribution in [2.75, 3.05) is 6.61 Å². The van der Waals surface area contributed by atoms with Crippen LogP contribution in [-0.2, 0) is 9.53 Å². The minimum Gasteiger partial charge on any atom is -0.457 e. The van der Waals surface area contributed by atoms with E-state index in [1.807, 2.05) is 31.2 Å². The predicted octanol–water partition coefficient (Wildman–Crippen LogP) is 4.78. The first kappa shape index (κ1) is 14.6. The maximum Gasteiger partial charge on any atom is 0.330 e. The molecule has 1 aliphatic heterocycles. The fourth-order valence-electron chi connectivity index (χ4n) is 1.55. The van der Waals surface area contributed by atoms with Crippen LogP contribution >= 0.6 is 35.1 Å². The number of ether oxygens (including phenoxy) is 1. The van der Waals surface area contributed by atoms with Gasteiger partial charge in [-0.05, 0) is 29.5 Å². The van der Waals surface area contributed by atoms with E-state index in [1.165, 1.54) is 16.5 Å². The largest absolute Gasteiger partial charge is 0.457 e. The maximum atomic E-state index is 11.1. The summed E-state index contributed by atoms with van der Waals surface area (Å²) in [6.45, 7) is 5.74. The van der Waals surface area contributed by atoms with Gasteiger partial charge in [0.15, 0.2) is 0 Å². The highest BCUT2D eigenvalue weighted by Crippen LogP contribution is 2.54. The van der Waals surface area contributed by atoms with E-state index >= 15 is 0 Å². The highest BCUT2D eigenvalue weighted by molar-refractivity contribution is 8.22. The molecule has 2 rings (SSSR count). The van der Waals surface area contributed by atoms with Gasteiger partial charge in [-0.2, -0.15) is 0 Å². The van der Waals surface area contributed by atoms with Gasteiger partial charge in [-0.3, -0.25) is 0 Å². The Balaban J connectivity index is 1.98. The van der Waals surface area contributed by atoms with Gasteiger partial charge in [0.25, 0.3) is 0 Å². The number of carbonyl (C=O) groups excluding carboxylic acids is 1. The summed E-state index contributed by atoms with van der Waals surface area (Å²) in [5.74, 6) is -0.388. The van der Waals surface area contributed by atoms with Crippen LogP contribution in [0, 0.1) is 0 Å². The summed E-state index contributed by atoms with van der Waals surface area (Å²) < 4.78 is 5.38. The molecule has 0 spiro atoms. The number of hydrogen-bond donors (Lipinski definition) is 0. The monoisotopic (exact) mass is 312 g/mol. The molecule has 1 aromatic carbocycles. The second-order valence-electron chi connectivity index (χ2n) is 3.91. The third-order valence-corrected chi connectivity index (χ3v) is 5.82. The summed E-state index contributed by atoms with van der Waals surface area (Å²) in [5, 5.41) is 0.738. The second kappa shape index (κ2) is 6.55. The molecule has 1 heterocycles. The number of carbonyl (C=O) groups is 1. The van der Waals surface area contributed by atoms with Crippen LogP contribution in [0.5, 0.6) is 0 Å². The first-order valence-electron chi connectivity index (χ1n) is 5.68. The Hall–Kier alpha value is -0.840. The zero-order chi connectivity index (χ0) is 13.8. The zero-order valence-electron chi connectivity index (χ0n) is 10.4. The van der Waals surface area contributed by atoms with Gasteiger partial charge in [-0.25, -0.2) is 4.79 Å². The third kappa shape index (κ3) is 3.81. The van der Waals surface area contributed by atoms with E-state index in [4.69, 9.17) is 16.3 Å². The third-order valence-electron chi connectivity index (χ3n) is 2.58. The molecule has 0 bridgehead atoms. The summed E-state index contributed by atoms with van der Waals surface area (Å²) in [5.41, 5.74) is 1.21. The average molecular weight is 313 g/mol. The first-order chi connectivity index (χ1) is 9.10. The van der Waals surface area contributed by atoms with Crippen molar-refractivity contribution in [2.45, 2.75) is 11.5 Å². The molecule has 5 heteroatoms. The lowest BCUT2D eigenvalue weighted by molar-refractivity contribution is -0.136. The van der Waals surface area contributed by atoms with E-state index in [1.54, 1.807) is 23.5 Å². The van der Waals surface area contributed by atoms with E-state index in [2.05, 4.69) is 6.58 Å². The molecule has 0 saturated carbocycles. The van der Waals surface area contributed by atoms with Gasteiger partial charge in [0.05, 0.1) is 4.58 Å². The van der Waals surface area contributed by atoms with Crippen LogP contribution in [-0.4, -0.2) is 12.6 Å². The van der Waals surface area contributed by atoms with Crippen LogP contribution in [0.2, 0.25) is 5.02 Å². The van der Waals surface area contributed by atoms with Gasteiger partial charge in [-0.1, -0.05) is 30.3 Å². The quantitative estimate of drug-likeness (QED) is 0.590. The molecule has 1 aliphatic rings. The summed E-state index contributed by atoms with van der Waals surface area (Å²) in [4.78, 5) is 13.4. The van der Waals surface area contributed by atoms with Crippen LogP contribution in [0.15, 0.2) is 46.7 Å². The van der Waals surface area contributed by atoms with Crippen molar-refractivity contribution in [3.63, 3.8) is 0 Å². The van der Waals surface area contributed by atoms with Crippen molar-refractivity contribution in [3.8, 4) is 0 Å². The molecule has 0 radical (unpaired) electrons. The van der Waals surface area contributed by atoms with Crippen molar-refractivity contribution >= 4 is 41.1 Å². The predicted molar refractivity (Wildman–Crippen MR) is 83.2 cm³/mol. The molecule has 100 valence electrons. The standard InChI is InChI=1S/C14H13ClO2S2/c1-3-13(16)17-8-12-9(2)18-14(19-12)10-4-6-11(15)7-5-10/h3-7,14H,1,8H2,2H3. The minimum absolute atomic E-state index is 0.301. The SMILES string of the molecule is C=CC(=O)OCC1=C(C)SC(c2ccc(Cl)cc2)S1. The summed E-state index contributed by atoms with van der Waals surface area (Å²) in [6, 6.07) is 7.84. The number of thioether (sulfide) groups is 2. The lowest BCUT2D eigenvalue weighted by Gasteiger charge is -2.09. The van der Waals surface area contributed by atoms with Crippen molar-refractivity contribution < 1.29 is 9.53 Å². The Kier molecular flexibility index (Phi) is 5.02. The molecule has 1 aromatic rings. The molecular formula is C14H13ClO2S2. The number of halogens is 1. The topological polar surface area (TPSA) is 26.3 Å². The zero-order valence-corrected chi connectivity index (χ0v) is 12.8. The number of benzene rings is 1. The lowest BCUT2D eigenvalue weighted by atomic mass is 10.2. The van der Waals surface area contributed by atoms with Crippen LogP contribution in [0.3, 0.4) is 0 Å². The van der Waals surface area contributed by atoms with Crippen molar-refractivity contribution in [3.05, 3.63) is 57.3 Å². The maximum absolute atomic E-state index is 11.1. The number of esters is 1. The highest BCUT2D eigenvalue weighted by atomic mass is 35.5. The number of hydrogen-bond acceptors (Lipinski definition) is 4. The number of rotatable bonds is 4. The van der Waals surface area contributed by atoms with E-state index in [0.29, 0.717) is 11.2 Å². The van der Waals surface area contributed by atoms with Gasteiger partial charge in [0, 0.05) is 16.0 Å². The molecule has 1 atom stereocenters. The molecule has 0 aromatic heterocycles. The van der Waals surface area contributed by atoms with Gasteiger partial charge >= 0.3 is 5.97 Å². The molecule has 1 unspecified atom stereocenters. The number of allylic oxidation sites excluding steroid dienone is 1.